The maximum atomic E-state index is 14.8. The number of carbonyl (C=O) groups excluding carboxylic acids is 2. The van der Waals surface area contributed by atoms with Crippen LogP contribution < -0.4 is 19.1 Å². The average molecular weight is 570 g/mol. The zero-order valence-electron chi connectivity index (χ0n) is 22.5. The number of halogens is 1. The van der Waals surface area contributed by atoms with E-state index in [1.807, 2.05) is 30.3 Å². The molecule has 2 amide bonds. The van der Waals surface area contributed by atoms with Crippen LogP contribution >= 0.6 is 0 Å². The first kappa shape index (κ1) is 28.9. The molecule has 0 radical (unpaired) electrons. The van der Waals surface area contributed by atoms with E-state index >= 15 is 0 Å². The van der Waals surface area contributed by atoms with Crippen molar-refractivity contribution in [2.75, 3.05) is 23.9 Å². The second-order valence-electron chi connectivity index (χ2n) is 9.79. The van der Waals surface area contributed by atoms with Gasteiger partial charge in [0.15, 0.2) is 11.5 Å². The Balaban J connectivity index is 1.74. The molecule has 0 saturated carbocycles. The quantitative estimate of drug-likeness (QED) is 0.379. The molecule has 3 aromatic rings. The van der Waals surface area contributed by atoms with Gasteiger partial charge in [0, 0.05) is 30.6 Å². The highest BCUT2D eigenvalue weighted by atomic mass is 32.2. The number of nitrogens with zero attached hydrogens (tertiary/aromatic N) is 2. The average Bonchev–Trinajstić information content (AvgIpc) is 3.37. The first-order chi connectivity index (χ1) is 19.0. The third-order valence-corrected chi connectivity index (χ3v) is 7.46. The highest BCUT2D eigenvalue weighted by Crippen LogP contribution is 2.36. The summed E-state index contributed by atoms with van der Waals surface area (Å²) in [5.74, 6) is -0.847. The number of carbonyl (C=O) groups is 2. The largest absolute Gasteiger partial charge is 0.454 e. The monoisotopic (exact) mass is 569 g/mol. The first-order valence-corrected chi connectivity index (χ1v) is 14.6. The Morgan fingerprint density at radius 3 is 2.33 bits per heavy atom. The number of benzene rings is 3. The molecular formula is C29H32FN3O6S. The predicted molar refractivity (Wildman–Crippen MR) is 149 cm³/mol. The van der Waals surface area contributed by atoms with Gasteiger partial charge in [0.25, 0.3) is 0 Å². The van der Waals surface area contributed by atoms with Crippen molar-refractivity contribution < 1.29 is 31.9 Å². The van der Waals surface area contributed by atoms with Crippen LogP contribution in [0.2, 0.25) is 0 Å². The van der Waals surface area contributed by atoms with Gasteiger partial charge in [-0.05, 0) is 37.6 Å². The lowest BCUT2D eigenvalue weighted by Gasteiger charge is -2.34. The maximum absolute atomic E-state index is 14.8. The van der Waals surface area contributed by atoms with Crippen LogP contribution in [0.4, 0.5) is 10.1 Å². The third-order valence-electron chi connectivity index (χ3n) is 6.32. The normalized spacial score (nSPS) is 13.1. The molecule has 0 aromatic heterocycles. The molecular weight excluding hydrogens is 537 g/mol. The van der Waals surface area contributed by atoms with Crippen molar-refractivity contribution in [3.05, 3.63) is 89.7 Å². The predicted octanol–water partition coefficient (Wildman–Crippen LogP) is 3.49. The SMILES string of the molecule is CC(C)NC(=O)[C@H](Cc1ccccc1)N(Cc1ccccc1F)C(=O)CN(c1ccc2c(c1)OCO2)S(C)(=O)=O. The standard InChI is InChI=1S/C29H32FN3O6S/c1-20(2)31-29(35)25(15-21-9-5-4-6-10-21)32(17-22-11-7-8-12-24(22)30)28(34)18-33(40(3,36)37)23-13-14-26-27(16-23)39-19-38-26/h4-14,16,20,25H,15,17-19H2,1-3H3,(H,31,35)/t25-/m0/s1. The summed E-state index contributed by atoms with van der Waals surface area (Å²) in [5, 5.41) is 2.85. The molecule has 0 aliphatic carbocycles. The fraction of sp³-hybridized carbons (Fsp3) is 0.310. The summed E-state index contributed by atoms with van der Waals surface area (Å²) in [6.07, 6.45) is 1.13. The summed E-state index contributed by atoms with van der Waals surface area (Å²) < 4.78 is 52.2. The van der Waals surface area contributed by atoms with Crippen molar-refractivity contribution in [1.82, 2.24) is 10.2 Å². The van der Waals surface area contributed by atoms with Crippen molar-refractivity contribution >= 4 is 27.5 Å². The zero-order valence-corrected chi connectivity index (χ0v) is 23.4. The Bertz CT molecular complexity index is 1470. The number of ether oxygens (including phenoxy) is 2. The Morgan fingerprint density at radius 2 is 1.65 bits per heavy atom. The van der Waals surface area contributed by atoms with Gasteiger partial charge in [-0.3, -0.25) is 13.9 Å². The minimum absolute atomic E-state index is 0.000855. The van der Waals surface area contributed by atoms with Crippen molar-refractivity contribution in [2.45, 2.75) is 38.9 Å². The molecule has 40 heavy (non-hydrogen) atoms. The van der Waals surface area contributed by atoms with E-state index in [1.165, 1.54) is 35.2 Å². The van der Waals surface area contributed by atoms with Gasteiger partial charge in [-0.25, -0.2) is 12.8 Å². The van der Waals surface area contributed by atoms with Gasteiger partial charge in [-0.1, -0.05) is 48.5 Å². The van der Waals surface area contributed by atoms with Crippen molar-refractivity contribution in [3.63, 3.8) is 0 Å². The molecule has 1 heterocycles. The number of nitrogens with one attached hydrogen (secondary N) is 1. The van der Waals surface area contributed by atoms with Crippen LogP contribution in [0.15, 0.2) is 72.8 Å². The maximum Gasteiger partial charge on any atom is 0.244 e. The number of amides is 2. The van der Waals surface area contributed by atoms with E-state index in [1.54, 1.807) is 26.0 Å². The molecule has 212 valence electrons. The number of hydrogen-bond acceptors (Lipinski definition) is 6. The Morgan fingerprint density at radius 1 is 0.975 bits per heavy atom. The van der Waals surface area contributed by atoms with Gasteiger partial charge >= 0.3 is 0 Å². The third kappa shape index (κ3) is 7.09. The van der Waals surface area contributed by atoms with Gasteiger partial charge in [-0.15, -0.1) is 0 Å². The number of rotatable bonds is 11. The summed E-state index contributed by atoms with van der Waals surface area (Å²) >= 11 is 0. The van der Waals surface area contributed by atoms with Gasteiger partial charge in [-0.2, -0.15) is 0 Å². The van der Waals surface area contributed by atoms with Gasteiger partial charge in [0.05, 0.1) is 11.9 Å². The lowest BCUT2D eigenvalue weighted by atomic mass is 10.0. The van der Waals surface area contributed by atoms with E-state index < -0.39 is 40.2 Å². The minimum Gasteiger partial charge on any atom is -0.454 e. The summed E-state index contributed by atoms with van der Waals surface area (Å²) in [5.41, 5.74) is 1.17. The van der Waals surface area contributed by atoms with Gasteiger partial charge < -0.3 is 19.7 Å². The van der Waals surface area contributed by atoms with E-state index in [4.69, 9.17) is 9.47 Å². The van der Waals surface area contributed by atoms with Crippen LogP contribution in [0.1, 0.15) is 25.0 Å². The number of fused-ring (bicyclic) bond motifs is 1. The first-order valence-electron chi connectivity index (χ1n) is 12.8. The van der Waals surface area contributed by atoms with E-state index in [0.29, 0.717) is 11.5 Å². The van der Waals surface area contributed by atoms with E-state index in [0.717, 1.165) is 16.1 Å². The summed E-state index contributed by atoms with van der Waals surface area (Å²) in [6.45, 7) is 2.73. The zero-order chi connectivity index (χ0) is 28.9. The Hall–Kier alpha value is -4.12. The summed E-state index contributed by atoms with van der Waals surface area (Å²) in [6, 6.07) is 18.4. The molecule has 0 spiro atoms. The molecule has 11 heteroatoms. The summed E-state index contributed by atoms with van der Waals surface area (Å²) in [4.78, 5) is 28.7. The van der Waals surface area contributed by atoms with Crippen LogP contribution in [0, 0.1) is 5.82 Å². The number of anilines is 1. The van der Waals surface area contributed by atoms with Gasteiger partial charge in [0.1, 0.15) is 18.4 Å². The fourth-order valence-corrected chi connectivity index (χ4v) is 5.24. The van der Waals surface area contributed by atoms with Crippen LogP contribution in [-0.2, 0) is 32.6 Å². The lowest BCUT2D eigenvalue weighted by molar-refractivity contribution is -0.140. The summed E-state index contributed by atoms with van der Waals surface area (Å²) in [7, 11) is -3.95. The molecule has 0 fully saturated rings. The van der Waals surface area contributed by atoms with Gasteiger partial charge in [0.2, 0.25) is 28.6 Å². The number of hydrogen-bond donors (Lipinski definition) is 1. The molecule has 3 aromatic carbocycles. The molecule has 1 aliphatic heterocycles. The van der Waals surface area contributed by atoms with Crippen LogP contribution in [-0.4, -0.2) is 56.8 Å². The highest BCUT2D eigenvalue weighted by molar-refractivity contribution is 7.92. The molecule has 1 atom stereocenters. The fourth-order valence-electron chi connectivity index (χ4n) is 4.40. The second kappa shape index (κ2) is 12.4. The minimum atomic E-state index is -3.95. The molecule has 0 saturated heterocycles. The van der Waals surface area contributed by atoms with Crippen molar-refractivity contribution in [2.24, 2.45) is 0 Å². The molecule has 1 aliphatic rings. The molecule has 1 N–H and O–H groups in total. The van der Waals surface area contributed by atoms with Crippen LogP contribution in [0.25, 0.3) is 0 Å². The van der Waals surface area contributed by atoms with E-state index in [9.17, 15) is 22.4 Å². The highest BCUT2D eigenvalue weighted by Gasteiger charge is 2.34. The molecule has 4 rings (SSSR count). The lowest BCUT2D eigenvalue weighted by Crippen LogP contribution is -2.54. The van der Waals surface area contributed by atoms with Crippen molar-refractivity contribution in [3.8, 4) is 11.5 Å². The molecule has 9 nitrogen and oxygen atoms in total. The second-order valence-corrected chi connectivity index (χ2v) is 11.7. The smallest absolute Gasteiger partial charge is 0.244 e. The Labute approximate surface area is 233 Å². The van der Waals surface area contributed by atoms with E-state index in [-0.39, 0.29) is 37.1 Å². The molecule has 0 unspecified atom stereocenters. The van der Waals surface area contributed by atoms with Crippen LogP contribution in [0.5, 0.6) is 11.5 Å². The van der Waals surface area contributed by atoms with E-state index in [2.05, 4.69) is 5.32 Å². The Kier molecular flexibility index (Phi) is 8.93. The van der Waals surface area contributed by atoms with Crippen molar-refractivity contribution in [1.29, 1.82) is 0 Å². The topological polar surface area (TPSA) is 105 Å². The van der Waals surface area contributed by atoms with Crippen LogP contribution in [0.3, 0.4) is 0 Å². The molecule has 0 bridgehead atoms. The number of sulfonamides is 1.